The highest BCUT2D eigenvalue weighted by molar-refractivity contribution is 5.85. The first-order valence-corrected chi connectivity index (χ1v) is 7.62. The van der Waals surface area contributed by atoms with Crippen LogP contribution in [0.1, 0.15) is 36.0 Å². The van der Waals surface area contributed by atoms with Gasteiger partial charge in [0.2, 0.25) is 5.91 Å². The molecule has 5 heteroatoms. The minimum atomic E-state index is 0. The van der Waals surface area contributed by atoms with Gasteiger partial charge in [0.15, 0.2) is 0 Å². The van der Waals surface area contributed by atoms with E-state index in [1.165, 1.54) is 6.42 Å². The molecule has 1 amide bonds. The number of carbonyl (C=O) groups is 1. The van der Waals surface area contributed by atoms with Gasteiger partial charge in [-0.3, -0.25) is 4.79 Å². The lowest BCUT2D eigenvalue weighted by molar-refractivity contribution is -0.130. The quantitative estimate of drug-likeness (QED) is 0.904. The Morgan fingerprint density at radius 1 is 1.36 bits per heavy atom. The lowest BCUT2D eigenvalue weighted by atomic mass is 10.0. The number of nitrogens with one attached hydrogen (secondary N) is 1. The average Bonchev–Trinajstić information content (AvgIpc) is 2.91. The van der Waals surface area contributed by atoms with Crippen molar-refractivity contribution in [1.82, 2.24) is 10.2 Å². The fourth-order valence-electron chi connectivity index (χ4n) is 3.11. The predicted octanol–water partition coefficient (Wildman–Crippen LogP) is 2.83. The van der Waals surface area contributed by atoms with E-state index >= 15 is 0 Å². The zero-order valence-corrected chi connectivity index (χ0v) is 14.8. The van der Waals surface area contributed by atoms with Gasteiger partial charge < -0.3 is 15.0 Å². The molecule has 0 aliphatic carbocycles. The maximum absolute atomic E-state index is 12.3. The van der Waals surface area contributed by atoms with E-state index in [1.54, 1.807) is 7.11 Å². The van der Waals surface area contributed by atoms with Gasteiger partial charge in [-0.05, 0) is 49.9 Å². The highest BCUT2D eigenvalue weighted by Crippen LogP contribution is 2.25. The molecule has 1 fully saturated rings. The van der Waals surface area contributed by atoms with E-state index in [-0.39, 0.29) is 18.3 Å². The maximum atomic E-state index is 12.3. The molecule has 1 aliphatic heterocycles. The fraction of sp³-hybridized carbons (Fsp3) is 0.588. The number of rotatable bonds is 5. The van der Waals surface area contributed by atoms with Crippen molar-refractivity contribution in [3.8, 4) is 5.75 Å². The zero-order valence-electron chi connectivity index (χ0n) is 13.9. The molecule has 0 spiro atoms. The Bertz CT molecular complexity index is 490. The Labute approximate surface area is 139 Å². The van der Waals surface area contributed by atoms with Crippen LogP contribution in [-0.4, -0.2) is 37.6 Å². The van der Waals surface area contributed by atoms with Gasteiger partial charge in [0.05, 0.1) is 7.11 Å². The second-order valence-electron chi connectivity index (χ2n) is 6.01. The van der Waals surface area contributed by atoms with Crippen LogP contribution in [0.15, 0.2) is 12.1 Å². The first-order valence-electron chi connectivity index (χ1n) is 7.62. The molecule has 1 aromatic rings. The lowest BCUT2D eigenvalue weighted by Gasteiger charge is -2.20. The van der Waals surface area contributed by atoms with Crippen LogP contribution in [0, 0.1) is 13.8 Å². The number of amides is 1. The van der Waals surface area contributed by atoms with Crippen molar-refractivity contribution >= 4 is 18.3 Å². The molecule has 0 aromatic heterocycles. The standard InChI is InChI=1S/C17H26N2O2.ClH/c1-12-8-14(9-13(2)17(12)21-4)11-19(3)16(20)10-15-6-5-7-18-15;/h8-9,15,18H,5-7,10-11H2,1-4H3;1H. The van der Waals surface area contributed by atoms with Gasteiger partial charge in [-0.1, -0.05) is 12.1 Å². The summed E-state index contributed by atoms with van der Waals surface area (Å²) in [6.07, 6.45) is 2.89. The predicted molar refractivity (Wildman–Crippen MR) is 91.8 cm³/mol. The Kier molecular flexibility index (Phi) is 7.17. The number of hydrogen-bond donors (Lipinski definition) is 1. The zero-order chi connectivity index (χ0) is 15.4. The van der Waals surface area contributed by atoms with Crippen LogP contribution in [0.25, 0.3) is 0 Å². The van der Waals surface area contributed by atoms with E-state index in [1.807, 2.05) is 25.8 Å². The Morgan fingerprint density at radius 2 is 2.00 bits per heavy atom. The molecule has 0 bridgehead atoms. The summed E-state index contributed by atoms with van der Waals surface area (Å²) < 4.78 is 5.38. The van der Waals surface area contributed by atoms with E-state index in [2.05, 4.69) is 17.4 Å². The number of hydrogen-bond acceptors (Lipinski definition) is 3. The largest absolute Gasteiger partial charge is 0.496 e. The summed E-state index contributed by atoms with van der Waals surface area (Å²) in [5.41, 5.74) is 3.39. The first kappa shape index (κ1) is 18.8. The Hall–Kier alpha value is -1.26. The molecule has 1 N–H and O–H groups in total. The number of carbonyl (C=O) groups excluding carboxylic acids is 1. The van der Waals surface area contributed by atoms with E-state index < -0.39 is 0 Å². The van der Waals surface area contributed by atoms with Gasteiger partial charge in [0.1, 0.15) is 5.75 Å². The Balaban J connectivity index is 0.00000242. The van der Waals surface area contributed by atoms with Crippen molar-refractivity contribution < 1.29 is 9.53 Å². The molecule has 22 heavy (non-hydrogen) atoms. The smallest absolute Gasteiger partial charge is 0.224 e. The van der Waals surface area contributed by atoms with Crippen molar-refractivity contribution in [2.75, 3.05) is 20.7 Å². The second-order valence-corrected chi connectivity index (χ2v) is 6.01. The van der Waals surface area contributed by atoms with Crippen LogP contribution in [0.4, 0.5) is 0 Å². The van der Waals surface area contributed by atoms with Crippen molar-refractivity contribution in [1.29, 1.82) is 0 Å². The number of benzene rings is 1. The van der Waals surface area contributed by atoms with Gasteiger partial charge in [-0.15, -0.1) is 12.4 Å². The summed E-state index contributed by atoms with van der Waals surface area (Å²) in [6.45, 7) is 5.77. The van der Waals surface area contributed by atoms with Crippen LogP contribution >= 0.6 is 12.4 Å². The molecule has 4 nitrogen and oxygen atoms in total. The molecular formula is C17H27ClN2O2. The van der Waals surface area contributed by atoms with Crippen molar-refractivity contribution in [2.45, 2.75) is 45.7 Å². The molecule has 1 heterocycles. The van der Waals surface area contributed by atoms with Crippen molar-refractivity contribution in [2.24, 2.45) is 0 Å². The number of ether oxygens (including phenoxy) is 1. The molecule has 1 atom stereocenters. The average molecular weight is 327 g/mol. The van der Waals surface area contributed by atoms with Crippen LogP contribution < -0.4 is 10.1 Å². The van der Waals surface area contributed by atoms with E-state index in [0.29, 0.717) is 19.0 Å². The van der Waals surface area contributed by atoms with Crippen LogP contribution in [-0.2, 0) is 11.3 Å². The van der Waals surface area contributed by atoms with E-state index in [9.17, 15) is 4.79 Å². The SMILES string of the molecule is COc1c(C)cc(CN(C)C(=O)CC2CCCN2)cc1C.Cl. The van der Waals surface area contributed by atoms with Gasteiger partial charge in [-0.25, -0.2) is 0 Å². The lowest BCUT2D eigenvalue weighted by Crippen LogP contribution is -2.33. The molecule has 1 aliphatic rings. The van der Waals surface area contributed by atoms with Crippen LogP contribution in [0.5, 0.6) is 5.75 Å². The third-order valence-corrected chi connectivity index (χ3v) is 4.15. The molecular weight excluding hydrogens is 300 g/mol. The monoisotopic (exact) mass is 326 g/mol. The minimum Gasteiger partial charge on any atom is -0.496 e. The molecule has 0 saturated carbocycles. The highest BCUT2D eigenvalue weighted by atomic mass is 35.5. The van der Waals surface area contributed by atoms with E-state index in [4.69, 9.17) is 4.74 Å². The second kappa shape index (κ2) is 8.39. The molecule has 1 saturated heterocycles. The summed E-state index contributed by atoms with van der Waals surface area (Å²) in [5.74, 6) is 1.14. The normalized spacial score (nSPS) is 17.0. The summed E-state index contributed by atoms with van der Waals surface area (Å²) >= 11 is 0. The van der Waals surface area contributed by atoms with Crippen LogP contribution in [0.2, 0.25) is 0 Å². The summed E-state index contributed by atoms with van der Waals surface area (Å²) in [4.78, 5) is 14.1. The third-order valence-electron chi connectivity index (χ3n) is 4.15. The number of nitrogens with zero attached hydrogens (tertiary/aromatic N) is 1. The van der Waals surface area contributed by atoms with Crippen molar-refractivity contribution in [3.05, 3.63) is 28.8 Å². The highest BCUT2D eigenvalue weighted by Gasteiger charge is 2.20. The van der Waals surface area contributed by atoms with Gasteiger partial charge in [-0.2, -0.15) is 0 Å². The summed E-state index contributed by atoms with van der Waals surface area (Å²) in [6, 6.07) is 4.56. The molecule has 2 rings (SSSR count). The third kappa shape index (κ3) is 4.62. The minimum absolute atomic E-state index is 0. The number of aryl methyl sites for hydroxylation is 2. The van der Waals surface area contributed by atoms with Crippen molar-refractivity contribution in [3.63, 3.8) is 0 Å². The van der Waals surface area contributed by atoms with Gasteiger partial charge in [0.25, 0.3) is 0 Å². The number of halogens is 1. The molecule has 1 aromatic carbocycles. The summed E-state index contributed by atoms with van der Waals surface area (Å²) in [5, 5.41) is 3.38. The number of methoxy groups -OCH3 is 1. The summed E-state index contributed by atoms with van der Waals surface area (Å²) in [7, 11) is 3.57. The van der Waals surface area contributed by atoms with Gasteiger partial charge in [0, 0.05) is 26.1 Å². The van der Waals surface area contributed by atoms with Crippen LogP contribution in [0.3, 0.4) is 0 Å². The van der Waals surface area contributed by atoms with Gasteiger partial charge >= 0.3 is 0 Å². The molecule has 0 radical (unpaired) electrons. The fourth-order valence-corrected chi connectivity index (χ4v) is 3.11. The molecule has 1 unspecified atom stereocenters. The first-order chi connectivity index (χ1) is 10.0. The molecule has 124 valence electrons. The Morgan fingerprint density at radius 3 is 2.50 bits per heavy atom. The topological polar surface area (TPSA) is 41.6 Å². The maximum Gasteiger partial charge on any atom is 0.224 e. The van der Waals surface area contributed by atoms with E-state index in [0.717, 1.165) is 35.4 Å².